The van der Waals surface area contributed by atoms with Gasteiger partial charge in [-0.1, -0.05) is 22.9 Å². The molecule has 0 saturated carbocycles. The van der Waals surface area contributed by atoms with Crippen molar-refractivity contribution in [3.05, 3.63) is 27.7 Å². The number of likely N-dealkylation sites (N-methyl/N-ethyl adjacent to an activating group) is 1. The Morgan fingerprint density at radius 1 is 1.39 bits per heavy atom. The molecule has 2 rings (SSSR count). The molecule has 3 nitrogen and oxygen atoms in total. The van der Waals surface area contributed by atoms with E-state index >= 15 is 0 Å². The maximum Gasteiger partial charge on any atom is 0.244 e. The van der Waals surface area contributed by atoms with Gasteiger partial charge in [0.05, 0.1) is 6.04 Å². The van der Waals surface area contributed by atoms with Crippen molar-refractivity contribution in [3.8, 4) is 0 Å². The lowest BCUT2D eigenvalue weighted by atomic mass is 10.1. The molecular weight excluding hydrogens is 292 g/mol. The maximum absolute atomic E-state index is 12.3. The summed E-state index contributed by atoms with van der Waals surface area (Å²) in [5.74, 6) is 0.199. The van der Waals surface area contributed by atoms with E-state index in [1.165, 1.54) is 0 Å². The largest absolute Gasteiger partial charge is 0.310 e. The summed E-state index contributed by atoms with van der Waals surface area (Å²) in [6.07, 6.45) is 0.890. The third-order valence-electron chi connectivity index (χ3n) is 3.38. The number of hydrogen-bond acceptors (Lipinski definition) is 2. The highest BCUT2D eigenvalue weighted by Gasteiger charge is 2.33. The number of rotatable bonds is 3. The van der Waals surface area contributed by atoms with Crippen LogP contribution in [-0.4, -0.2) is 25.0 Å². The van der Waals surface area contributed by atoms with Gasteiger partial charge in [-0.25, -0.2) is 0 Å². The quantitative estimate of drug-likeness (QED) is 0.931. The molecule has 18 heavy (non-hydrogen) atoms. The van der Waals surface area contributed by atoms with E-state index in [4.69, 9.17) is 0 Å². The lowest BCUT2D eigenvalue weighted by molar-refractivity contribution is -0.118. The summed E-state index contributed by atoms with van der Waals surface area (Å²) in [5, 5.41) is 3.24. The highest BCUT2D eigenvalue weighted by molar-refractivity contribution is 9.10. The van der Waals surface area contributed by atoms with E-state index in [-0.39, 0.29) is 11.9 Å². The van der Waals surface area contributed by atoms with Crippen LogP contribution in [0.3, 0.4) is 0 Å². The molecule has 1 aliphatic rings. The summed E-state index contributed by atoms with van der Waals surface area (Å²) < 4.78 is 1.07. The van der Waals surface area contributed by atoms with Crippen LogP contribution >= 0.6 is 15.9 Å². The maximum atomic E-state index is 12.3. The fraction of sp³-hybridized carbons (Fsp3) is 0.500. The molecule has 1 aromatic rings. The van der Waals surface area contributed by atoms with Gasteiger partial charge in [0.15, 0.2) is 0 Å². The number of benzene rings is 1. The number of amides is 1. The van der Waals surface area contributed by atoms with Crippen LogP contribution in [0, 0.1) is 13.8 Å². The minimum atomic E-state index is -0.0163. The average Bonchev–Trinajstić information content (AvgIpc) is 2.61. The number of anilines is 1. The first-order valence-corrected chi connectivity index (χ1v) is 7.15. The number of hydrogen-bond donors (Lipinski definition) is 1. The number of nitrogens with one attached hydrogen (secondary N) is 1. The normalized spacial score (nSPS) is 19.7. The summed E-state index contributed by atoms with van der Waals surface area (Å²) in [6.45, 7) is 7.79. The first-order chi connectivity index (χ1) is 8.54. The topological polar surface area (TPSA) is 32.3 Å². The van der Waals surface area contributed by atoms with Gasteiger partial charge in [0.2, 0.25) is 5.91 Å². The van der Waals surface area contributed by atoms with Crippen LogP contribution in [0.1, 0.15) is 24.5 Å². The highest BCUT2D eigenvalue weighted by Crippen LogP contribution is 2.31. The lowest BCUT2D eigenvalue weighted by Gasteiger charge is -2.22. The molecule has 1 aromatic carbocycles. The second kappa shape index (κ2) is 5.41. The molecule has 1 unspecified atom stereocenters. The molecule has 0 aromatic heterocycles. The summed E-state index contributed by atoms with van der Waals surface area (Å²) >= 11 is 3.49. The lowest BCUT2D eigenvalue weighted by Crippen LogP contribution is -2.38. The van der Waals surface area contributed by atoms with Crippen LogP contribution in [-0.2, 0) is 4.79 Å². The Morgan fingerprint density at radius 3 is 2.56 bits per heavy atom. The van der Waals surface area contributed by atoms with Crippen molar-refractivity contribution in [2.75, 3.05) is 18.0 Å². The van der Waals surface area contributed by atoms with Crippen LogP contribution in [0.25, 0.3) is 0 Å². The molecule has 0 bridgehead atoms. The average molecular weight is 311 g/mol. The molecular formula is C14H19BrN2O. The summed E-state index contributed by atoms with van der Waals surface area (Å²) in [5.41, 5.74) is 3.36. The van der Waals surface area contributed by atoms with Crippen LogP contribution < -0.4 is 10.2 Å². The third-order valence-corrected chi connectivity index (χ3v) is 3.84. The number of carbonyl (C=O) groups excluding carboxylic acids is 1. The molecule has 1 saturated heterocycles. The molecule has 1 atom stereocenters. The fourth-order valence-electron chi connectivity index (χ4n) is 2.67. The van der Waals surface area contributed by atoms with Gasteiger partial charge in [-0.3, -0.25) is 4.79 Å². The zero-order valence-corrected chi connectivity index (χ0v) is 12.7. The monoisotopic (exact) mass is 310 g/mol. The summed E-state index contributed by atoms with van der Waals surface area (Å²) in [7, 11) is 0. The Hall–Kier alpha value is -0.870. The van der Waals surface area contributed by atoms with Crippen LogP contribution in [0.15, 0.2) is 16.6 Å². The Balaban J connectivity index is 2.31. The first kappa shape index (κ1) is 13.6. The molecule has 1 amide bonds. The Labute approximate surface area is 117 Å². The predicted molar refractivity (Wildman–Crippen MR) is 78.1 cm³/mol. The van der Waals surface area contributed by atoms with Crippen molar-refractivity contribution in [3.63, 3.8) is 0 Å². The van der Waals surface area contributed by atoms with Gasteiger partial charge >= 0.3 is 0 Å². The fourth-order valence-corrected chi connectivity index (χ4v) is 3.35. The van der Waals surface area contributed by atoms with E-state index in [1.54, 1.807) is 0 Å². The van der Waals surface area contributed by atoms with Gasteiger partial charge in [-0.05, 0) is 50.1 Å². The van der Waals surface area contributed by atoms with E-state index in [0.29, 0.717) is 0 Å². The standard InChI is InChI=1S/C14H19BrN2O/c1-4-16-12-5-6-17(14(12)18)13-9(2)7-11(15)8-10(13)3/h7-8,12,16H,4-6H2,1-3H3. The van der Waals surface area contributed by atoms with Crippen LogP contribution in [0.5, 0.6) is 0 Å². The summed E-state index contributed by atoms with van der Waals surface area (Å²) in [4.78, 5) is 14.3. The molecule has 1 heterocycles. The predicted octanol–water partition coefficient (Wildman–Crippen LogP) is 2.78. The molecule has 98 valence electrons. The molecule has 0 radical (unpaired) electrons. The number of halogens is 1. The smallest absolute Gasteiger partial charge is 0.244 e. The van der Waals surface area contributed by atoms with Gasteiger partial charge < -0.3 is 10.2 Å². The van der Waals surface area contributed by atoms with Gasteiger partial charge in [0, 0.05) is 16.7 Å². The van der Waals surface area contributed by atoms with Gasteiger partial charge in [0.1, 0.15) is 0 Å². The number of aryl methyl sites for hydroxylation is 2. The van der Waals surface area contributed by atoms with E-state index in [2.05, 4.69) is 47.2 Å². The molecule has 1 N–H and O–H groups in total. The van der Waals surface area contributed by atoms with Crippen molar-refractivity contribution in [2.24, 2.45) is 0 Å². The van der Waals surface area contributed by atoms with E-state index < -0.39 is 0 Å². The Bertz CT molecular complexity index is 450. The molecule has 0 aliphatic carbocycles. The molecule has 1 aliphatic heterocycles. The minimum Gasteiger partial charge on any atom is -0.310 e. The zero-order valence-electron chi connectivity index (χ0n) is 11.1. The third kappa shape index (κ3) is 2.45. The molecule has 0 spiro atoms. The van der Waals surface area contributed by atoms with Gasteiger partial charge in [-0.15, -0.1) is 0 Å². The van der Waals surface area contributed by atoms with Gasteiger partial charge in [0.25, 0.3) is 0 Å². The first-order valence-electron chi connectivity index (χ1n) is 6.36. The second-order valence-electron chi connectivity index (χ2n) is 4.78. The van der Waals surface area contributed by atoms with E-state index in [0.717, 1.165) is 40.8 Å². The zero-order chi connectivity index (χ0) is 13.3. The molecule has 1 fully saturated rings. The SMILES string of the molecule is CCNC1CCN(c2c(C)cc(Br)cc2C)C1=O. The van der Waals surface area contributed by atoms with Gasteiger partial charge in [-0.2, -0.15) is 0 Å². The van der Waals surface area contributed by atoms with Crippen molar-refractivity contribution in [2.45, 2.75) is 33.2 Å². The van der Waals surface area contributed by atoms with Crippen molar-refractivity contribution >= 4 is 27.5 Å². The molecule has 4 heteroatoms. The Morgan fingerprint density at radius 2 is 2.00 bits per heavy atom. The number of nitrogens with zero attached hydrogens (tertiary/aromatic N) is 1. The second-order valence-corrected chi connectivity index (χ2v) is 5.69. The highest BCUT2D eigenvalue weighted by atomic mass is 79.9. The minimum absolute atomic E-state index is 0.0163. The van der Waals surface area contributed by atoms with Crippen LogP contribution in [0.2, 0.25) is 0 Å². The number of carbonyl (C=O) groups is 1. The Kier molecular flexibility index (Phi) is 4.07. The van der Waals surface area contributed by atoms with Crippen molar-refractivity contribution < 1.29 is 4.79 Å². The van der Waals surface area contributed by atoms with E-state index in [1.807, 2.05) is 11.8 Å². The van der Waals surface area contributed by atoms with Crippen molar-refractivity contribution in [1.29, 1.82) is 0 Å². The van der Waals surface area contributed by atoms with Crippen molar-refractivity contribution in [1.82, 2.24) is 5.32 Å². The van der Waals surface area contributed by atoms with E-state index in [9.17, 15) is 4.79 Å². The summed E-state index contributed by atoms with van der Waals surface area (Å²) in [6, 6.07) is 4.12. The van der Waals surface area contributed by atoms with Crippen LogP contribution in [0.4, 0.5) is 5.69 Å².